The Hall–Kier alpha value is -1.10. The minimum absolute atomic E-state index is 0.0298. The fraction of sp³-hybridized carbons (Fsp3) is 0.800. The minimum atomic E-state index is 0.0298. The van der Waals surface area contributed by atoms with E-state index in [2.05, 4.69) is 5.32 Å². The summed E-state index contributed by atoms with van der Waals surface area (Å²) in [5.41, 5.74) is 0. The van der Waals surface area contributed by atoms with E-state index in [1.54, 1.807) is 12.0 Å². The number of hydrogen-bond donors (Lipinski definition) is 1. The van der Waals surface area contributed by atoms with E-state index in [-0.39, 0.29) is 11.8 Å². The number of hydrogen-bond acceptors (Lipinski definition) is 3. The smallest absolute Gasteiger partial charge is 0.222 e. The standard InChI is InChI=1S/C10H18N2O3/c1-15-8-2-3-10(14)12-6-4-9(13)11-5-7-12/h2-8H2,1H3,(H,11,13). The zero-order valence-electron chi connectivity index (χ0n) is 9.12. The highest BCUT2D eigenvalue weighted by molar-refractivity contribution is 5.80. The van der Waals surface area contributed by atoms with Crippen LogP contribution in [-0.4, -0.2) is 50.1 Å². The van der Waals surface area contributed by atoms with Crippen LogP contribution in [-0.2, 0) is 14.3 Å². The molecule has 0 aliphatic carbocycles. The fourth-order valence-electron chi connectivity index (χ4n) is 1.54. The Bertz CT molecular complexity index is 231. The maximum atomic E-state index is 11.7. The first-order valence-electron chi connectivity index (χ1n) is 5.27. The predicted molar refractivity (Wildman–Crippen MR) is 55.3 cm³/mol. The Kier molecular flexibility index (Phi) is 5.10. The van der Waals surface area contributed by atoms with E-state index in [1.807, 2.05) is 0 Å². The summed E-state index contributed by atoms with van der Waals surface area (Å²) in [6, 6.07) is 0. The van der Waals surface area contributed by atoms with Crippen LogP contribution in [0.15, 0.2) is 0 Å². The zero-order valence-corrected chi connectivity index (χ0v) is 9.12. The van der Waals surface area contributed by atoms with Crippen LogP contribution in [0.2, 0.25) is 0 Å². The van der Waals surface area contributed by atoms with Crippen LogP contribution in [0.25, 0.3) is 0 Å². The molecule has 1 saturated heterocycles. The molecular formula is C10H18N2O3. The van der Waals surface area contributed by atoms with Gasteiger partial charge in [-0.15, -0.1) is 0 Å². The molecule has 1 aliphatic rings. The molecule has 86 valence electrons. The lowest BCUT2D eigenvalue weighted by atomic mass is 10.2. The molecule has 1 aliphatic heterocycles. The quantitative estimate of drug-likeness (QED) is 0.657. The number of methoxy groups -OCH3 is 1. The second-order valence-corrected chi connectivity index (χ2v) is 3.58. The van der Waals surface area contributed by atoms with Crippen LogP contribution in [0.5, 0.6) is 0 Å². The molecule has 1 rings (SSSR count). The Morgan fingerprint density at radius 1 is 1.53 bits per heavy atom. The first-order chi connectivity index (χ1) is 7.24. The van der Waals surface area contributed by atoms with Crippen molar-refractivity contribution in [1.29, 1.82) is 0 Å². The molecule has 0 spiro atoms. The van der Waals surface area contributed by atoms with Gasteiger partial charge in [0.2, 0.25) is 11.8 Å². The predicted octanol–water partition coefficient (Wildman–Crippen LogP) is -0.238. The van der Waals surface area contributed by atoms with Crippen LogP contribution < -0.4 is 5.32 Å². The first kappa shape index (κ1) is 12.0. The van der Waals surface area contributed by atoms with Crippen LogP contribution in [0, 0.1) is 0 Å². The molecule has 1 heterocycles. The van der Waals surface area contributed by atoms with Gasteiger partial charge in [0, 0.05) is 46.2 Å². The van der Waals surface area contributed by atoms with E-state index < -0.39 is 0 Å². The number of rotatable bonds is 4. The van der Waals surface area contributed by atoms with E-state index in [1.165, 1.54) is 0 Å². The largest absolute Gasteiger partial charge is 0.385 e. The molecule has 0 atom stereocenters. The van der Waals surface area contributed by atoms with Crippen molar-refractivity contribution in [3.63, 3.8) is 0 Å². The Morgan fingerprint density at radius 3 is 3.07 bits per heavy atom. The highest BCUT2D eigenvalue weighted by atomic mass is 16.5. The molecule has 5 heteroatoms. The van der Waals surface area contributed by atoms with Crippen molar-refractivity contribution in [2.75, 3.05) is 33.4 Å². The maximum absolute atomic E-state index is 11.7. The summed E-state index contributed by atoms with van der Waals surface area (Å²) in [5.74, 6) is 0.144. The fourth-order valence-corrected chi connectivity index (χ4v) is 1.54. The molecule has 0 unspecified atom stereocenters. The Balaban J connectivity index is 2.28. The monoisotopic (exact) mass is 214 g/mol. The van der Waals surface area contributed by atoms with Crippen molar-refractivity contribution >= 4 is 11.8 Å². The molecule has 0 aromatic carbocycles. The van der Waals surface area contributed by atoms with Crippen molar-refractivity contribution in [2.24, 2.45) is 0 Å². The van der Waals surface area contributed by atoms with E-state index in [9.17, 15) is 9.59 Å². The van der Waals surface area contributed by atoms with Crippen LogP contribution in [0.4, 0.5) is 0 Å². The van der Waals surface area contributed by atoms with E-state index in [0.717, 1.165) is 6.42 Å². The van der Waals surface area contributed by atoms with Gasteiger partial charge in [-0.25, -0.2) is 0 Å². The van der Waals surface area contributed by atoms with Crippen LogP contribution in [0.3, 0.4) is 0 Å². The average molecular weight is 214 g/mol. The number of nitrogens with one attached hydrogen (secondary N) is 1. The van der Waals surface area contributed by atoms with Gasteiger partial charge in [-0.3, -0.25) is 9.59 Å². The summed E-state index contributed by atoms with van der Waals surface area (Å²) in [6.45, 7) is 2.33. The number of carbonyl (C=O) groups excluding carboxylic acids is 2. The van der Waals surface area contributed by atoms with Gasteiger partial charge in [-0.2, -0.15) is 0 Å². The third kappa shape index (κ3) is 4.29. The summed E-state index contributed by atoms with van der Waals surface area (Å²) in [7, 11) is 1.62. The summed E-state index contributed by atoms with van der Waals surface area (Å²) in [4.78, 5) is 24.4. The number of nitrogens with zero attached hydrogens (tertiary/aromatic N) is 1. The van der Waals surface area contributed by atoms with Crippen molar-refractivity contribution in [2.45, 2.75) is 19.3 Å². The maximum Gasteiger partial charge on any atom is 0.222 e. The lowest BCUT2D eigenvalue weighted by Gasteiger charge is -2.19. The van der Waals surface area contributed by atoms with Gasteiger partial charge < -0.3 is 15.0 Å². The normalized spacial score (nSPS) is 17.1. The number of carbonyl (C=O) groups is 2. The molecule has 2 amide bonds. The van der Waals surface area contributed by atoms with Gasteiger partial charge in [0.25, 0.3) is 0 Å². The van der Waals surface area contributed by atoms with Crippen molar-refractivity contribution in [1.82, 2.24) is 10.2 Å². The highest BCUT2D eigenvalue weighted by Gasteiger charge is 2.17. The second-order valence-electron chi connectivity index (χ2n) is 3.58. The van der Waals surface area contributed by atoms with Gasteiger partial charge >= 0.3 is 0 Å². The van der Waals surface area contributed by atoms with Crippen molar-refractivity contribution < 1.29 is 14.3 Å². The molecular weight excluding hydrogens is 196 g/mol. The first-order valence-corrected chi connectivity index (χ1v) is 5.27. The lowest BCUT2D eigenvalue weighted by Crippen LogP contribution is -2.34. The molecule has 1 N–H and O–H groups in total. The zero-order chi connectivity index (χ0) is 11.1. The third-order valence-corrected chi connectivity index (χ3v) is 2.40. The van der Waals surface area contributed by atoms with Gasteiger partial charge in [0.15, 0.2) is 0 Å². The van der Waals surface area contributed by atoms with E-state index >= 15 is 0 Å². The Morgan fingerprint density at radius 2 is 2.33 bits per heavy atom. The molecule has 0 aromatic heterocycles. The SMILES string of the molecule is COCCCC(=O)N1CCNC(=O)CC1. The molecule has 0 aromatic rings. The van der Waals surface area contributed by atoms with Gasteiger partial charge in [0.05, 0.1) is 0 Å². The van der Waals surface area contributed by atoms with Crippen molar-refractivity contribution in [3.8, 4) is 0 Å². The van der Waals surface area contributed by atoms with Crippen molar-refractivity contribution in [3.05, 3.63) is 0 Å². The van der Waals surface area contributed by atoms with Crippen LogP contribution >= 0.6 is 0 Å². The van der Waals surface area contributed by atoms with Crippen LogP contribution in [0.1, 0.15) is 19.3 Å². The van der Waals surface area contributed by atoms with Gasteiger partial charge in [0.1, 0.15) is 0 Å². The summed E-state index contributed by atoms with van der Waals surface area (Å²) < 4.78 is 4.88. The van der Waals surface area contributed by atoms with Gasteiger partial charge in [-0.05, 0) is 6.42 Å². The molecule has 1 fully saturated rings. The number of amides is 2. The van der Waals surface area contributed by atoms with E-state index in [4.69, 9.17) is 4.74 Å². The summed E-state index contributed by atoms with van der Waals surface area (Å²) in [5, 5.41) is 2.74. The summed E-state index contributed by atoms with van der Waals surface area (Å²) in [6.07, 6.45) is 1.66. The van der Waals surface area contributed by atoms with E-state index in [0.29, 0.717) is 39.1 Å². The summed E-state index contributed by atoms with van der Waals surface area (Å²) >= 11 is 0. The Labute approximate surface area is 89.8 Å². The number of ether oxygens (including phenoxy) is 1. The molecule has 5 nitrogen and oxygen atoms in total. The molecule has 15 heavy (non-hydrogen) atoms. The molecule has 0 radical (unpaired) electrons. The second kappa shape index (κ2) is 6.40. The third-order valence-electron chi connectivity index (χ3n) is 2.40. The van der Waals surface area contributed by atoms with Gasteiger partial charge in [-0.1, -0.05) is 0 Å². The lowest BCUT2D eigenvalue weighted by molar-refractivity contribution is -0.131. The molecule has 0 saturated carbocycles. The highest BCUT2D eigenvalue weighted by Crippen LogP contribution is 2.02. The average Bonchev–Trinajstić information content (AvgIpc) is 2.43. The minimum Gasteiger partial charge on any atom is -0.385 e. The topological polar surface area (TPSA) is 58.6 Å². The molecule has 0 bridgehead atoms.